The first kappa shape index (κ1) is 16.5. The van der Waals surface area contributed by atoms with Crippen LogP contribution in [0.25, 0.3) is 0 Å². The van der Waals surface area contributed by atoms with Gasteiger partial charge in [0, 0.05) is 18.5 Å². The zero-order chi connectivity index (χ0) is 15.2. The molecule has 0 aliphatic heterocycles. The fraction of sp³-hybridized carbons (Fsp3) is 0.571. The smallest absolute Gasteiger partial charge is 0.236 e. The topological polar surface area (TPSA) is 78.9 Å². The summed E-state index contributed by atoms with van der Waals surface area (Å²) in [5, 5.41) is 14.0. The quantitative estimate of drug-likeness (QED) is 0.351. The Labute approximate surface area is 124 Å². The highest BCUT2D eigenvalue weighted by molar-refractivity contribution is 7.09. The van der Waals surface area contributed by atoms with Crippen LogP contribution >= 0.6 is 11.3 Å². The Morgan fingerprint density at radius 1 is 1.50 bits per heavy atom. The highest BCUT2D eigenvalue weighted by Gasteiger charge is 2.41. The van der Waals surface area contributed by atoms with Crippen molar-refractivity contribution < 1.29 is 10.0 Å². The maximum Gasteiger partial charge on any atom is 0.236 e. The molecule has 0 aliphatic carbocycles. The van der Waals surface area contributed by atoms with Crippen molar-refractivity contribution in [2.45, 2.75) is 33.1 Å². The van der Waals surface area contributed by atoms with Crippen molar-refractivity contribution in [2.75, 3.05) is 13.6 Å². The average Bonchev–Trinajstić information content (AvgIpc) is 2.99. The lowest BCUT2D eigenvalue weighted by Gasteiger charge is -2.33. The number of nitrogens with two attached hydrogens (primary N) is 1. The lowest BCUT2D eigenvalue weighted by atomic mass is 9.79. The Bertz CT molecular complexity index is 453. The van der Waals surface area contributed by atoms with Crippen LogP contribution in [0.1, 0.15) is 31.6 Å². The van der Waals surface area contributed by atoms with E-state index < -0.39 is 5.41 Å². The number of rotatable bonds is 7. The van der Waals surface area contributed by atoms with Crippen LogP contribution in [0.4, 0.5) is 0 Å². The molecule has 1 aromatic heterocycles. The summed E-state index contributed by atoms with van der Waals surface area (Å²) in [6.45, 7) is 4.39. The van der Waals surface area contributed by atoms with Crippen LogP contribution in [-0.2, 0) is 11.2 Å². The van der Waals surface area contributed by atoms with Gasteiger partial charge >= 0.3 is 0 Å². The van der Waals surface area contributed by atoms with Crippen molar-refractivity contribution in [3.63, 3.8) is 0 Å². The number of amides is 1. The molecular formula is C14H23N3O2S. The van der Waals surface area contributed by atoms with Gasteiger partial charge in [0.05, 0.1) is 0 Å². The molecule has 5 nitrogen and oxygen atoms in total. The van der Waals surface area contributed by atoms with Gasteiger partial charge < -0.3 is 15.8 Å². The lowest BCUT2D eigenvalue weighted by Crippen LogP contribution is -2.50. The van der Waals surface area contributed by atoms with Gasteiger partial charge in [-0.05, 0) is 30.7 Å². The number of nitrogens with zero attached hydrogens (tertiary/aromatic N) is 2. The molecule has 0 atom stereocenters. The molecule has 1 rings (SSSR count). The first-order valence-electron chi connectivity index (χ1n) is 6.77. The number of carbonyl (C=O) groups excluding carboxylic acids is 1. The van der Waals surface area contributed by atoms with Gasteiger partial charge in [-0.3, -0.25) is 4.79 Å². The number of hydrogen-bond acceptors (Lipinski definition) is 4. The summed E-state index contributed by atoms with van der Waals surface area (Å²) in [7, 11) is 1.76. The number of hydrogen-bond donors (Lipinski definition) is 2. The van der Waals surface area contributed by atoms with Gasteiger partial charge in [-0.25, -0.2) is 0 Å². The van der Waals surface area contributed by atoms with E-state index in [-0.39, 0.29) is 11.7 Å². The first-order chi connectivity index (χ1) is 9.51. The van der Waals surface area contributed by atoms with Crippen LogP contribution in [-0.4, -0.2) is 35.4 Å². The van der Waals surface area contributed by atoms with Gasteiger partial charge in [-0.15, -0.1) is 11.3 Å². The molecule has 1 aromatic rings. The van der Waals surface area contributed by atoms with Gasteiger partial charge in [0.15, 0.2) is 5.84 Å². The summed E-state index contributed by atoms with van der Waals surface area (Å²) in [5.41, 5.74) is 4.85. The van der Waals surface area contributed by atoms with Gasteiger partial charge in [-0.1, -0.05) is 25.1 Å². The number of thiophene rings is 1. The minimum Gasteiger partial charge on any atom is -0.409 e. The largest absolute Gasteiger partial charge is 0.409 e. The van der Waals surface area contributed by atoms with Gasteiger partial charge in [-0.2, -0.15) is 0 Å². The Balaban J connectivity index is 2.79. The predicted octanol–water partition coefficient (Wildman–Crippen LogP) is 2.30. The third-order valence-electron chi connectivity index (χ3n) is 3.83. The molecule has 0 aliphatic rings. The molecule has 0 bridgehead atoms. The molecule has 1 amide bonds. The Morgan fingerprint density at radius 3 is 2.60 bits per heavy atom. The van der Waals surface area contributed by atoms with Crippen molar-refractivity contribution >= 4 is 23.1 Å². The van der Waals surface area contributed by atoms with Crippen LogP contribution in [0, 0.1) is 5.41 Å². The highest BCUT2D eigenvalue weighted by atomic mass is 32.1. The van der Waals surface area contributed by atoms with Crippen LogP contribution in [0.15, 0.2) is 22.7 Å². The van der Waals surface area contributed by atoms with Crippen molar-refractivity contribution in [1.82, 2.24) is 4.90 Å². The minimum atomic E-state index is -0.904. The minimum absolute atomic E-state index is 0.00419. The van der Waals surface area contributed by atoms with Crippen molar-refractivity contribution in [2.24, 2.45) is 16.3 Å². The molecule has 0 radical (unpaired) electrons. The van der Waals surface area contributed by atoms with Crippen molar-refractivity contribution in [3.05, 3.63) is 22.4 Å². The van der Waals surface area contributed by atoms with Crippen LogP contribution < -0.4 is 5.73 Å². The second kappa shape index (κ2) is 7.28. The highest BCUT2D eigenvalue weighted by Crippen LogP contribution is 2.29. The first-order valence-corrected chi connectivity index (χ1v) is 7.65. The third-order valence-corrected chi connectivity index (χ3v) is 4.77. The fourth-order valence-electron chi connectivity index (χ4n) is 2.32. The molecule has 0 saturated carbocycles. The summed E-state index contributed by atoms with van der Waals surface area (Å²) in [6, 6.07) is 4.06. The maximum absolute atomic E-state index is 12.6. The molecule has 0 spiro atoms. The zero-order valence-corrected chi connectivity index (χ0v) is 13.1. The van der Waals surface area contributed by atoms with Crippen LogP contribution in [0.5, 0.6) is 0 Å². The molecule has 0 saturated heterocycles. The summed E-state index contributed by atoms with van der Waals surface area (Å²) in [4.78, 5) is 15.6. The Kier molecular flexibility index (Phi) is 6.01. The molecule has 1 heterocycles. The summed E-state index contributed by atoms with van der Waals surface area (Å²) >= 11 is 1.68. The molecule has 0 fully saturated rings. The van der Waals surface area contributed by atoms with Crippen molar-refractivity contribution in [3.8, 4) is 0 Å². The van der Waals surface area contributed by atoms with Gasteiger partial charge in [0.2, 0.25) is 5.91 Å². The second-order valence-electron chi connectivity index (χ2n) is 4.83. The summed E-state index contributed by atoms with van der Waals surface area (Å²) in [5.74, 6) is -0.0928. The second-order valence-corrected chi connectivity index (χ2v) is 5.86. The number of oxime groups is 1. The average molecular weight is 297 g/mol. The monoisotopic (exact) mass is 297 g/mol. The summed E-state index contributed by atoms with van der Waals surface area (Å²) in [6.07, 6.45) is 1.85. The third kappa shape index (κ3) is 3.30. The predicted molar refractivity (Wildman–Crippen MR) is 82.1 cm³/mol. The fourth-order valence-corrected chi connectivity index (χ4v) is 3.02. The number of amidine groups is 1. The van der Waals surface area contributed by atoms with E-state index in [2.05, 4.69) is 11.2 Å². The number of carbonyl (C=O) groups is 1. The lowest BCUT2D eigenvalue weighted by molar-refractivity contribution is -0.137. The normalized spacial score (nSPS) is 12.4. The molecule has 6 heteroatoms. The SMILES string of the molecule is CCC(CC)(C(=O)N(C)CCc1cccs1)C(N)=NO. The van der Waals surface area contributed by atoms with E-state index in [1.807, 2.05) is 25.3 Å². The molecule has 112 valence electrons. The molecule has 3 N–H and O–H groups in total. The number of likely N-dealkylation sites (N-methyl/N-ethyl adjacent to an activating group) is 1. The molecule has 0 aromatic carbocycles. The molecule has 20 heavy (non-hydrogen) atoms. The van der Waals surface area contributed by atoms with Gasteiger partial charge in [0.25, 0.3) is 0 Å². The molecular weight excluding hydrogens is 274 g/mol. The zero-order valence-electron chi connectivity index (χ0n) is 12.3. The van der Waals surface area contributed by atoms with E-state index in [1.54, 1.807) is 23.3 Å². The Morgan fingerprint density at radius 2 is 2.15 bits per heavy atom. The van der Waals surface area contributed by atoms with Crippen LogP contribution in [0.3, 0.4) is 0 Å². The maximum atomic E-state index is 12.6. The van der Waals surface area contributed by atoms with Crippen LogP contribution in [0.2, 0.25) is 0 Å². The summed E-state index contributed by atoms with van der Waals surface area (Å²) < 4.78 is 0. The van der Waals surface area contributed by atoms with E-state index in [4.69, 9.17) is 10.9 Å². The van der Waals surface area contributed by atoms with Crippen molar-refractivity contribution in [1.29, 1.82) is 0 Å². The van der Waals surface area contributed by atoms with E-state index in [1.165, 1.54) is 4.88 Å². The van der Waals surface area contributed by atoms with Gasteiger partial charge in [0.1, 0.15) is 5.41 Å². The van der Waals surface area contributed by atoms with E-state index in [0.717, 1.165) is 6.42 Å². The van der Waals surface area contributed by atoms with E-state index in [9.17, 15) is 4.79 Å². The standard InChI is InChI=1S/C14H23N3O2S/c1-4-14(5-2,12(15)16-19)13(18)17(3)9-8-11-7-6-10-20-11/h6-7,10,19H,4-5,8-9H2,1-3H3,(H2,15,16). The Hall–Kier alpha value is -1.56. The van der Waals surface area contributed by atoms with E-state index >= 15 is 0 Å². The molecule has 0 unspecified atom stereocenters. The van der Waals surface area contributed by atoms with E-state index in [0.29, 0.717) is 19.4 Å².